The number of ether oxygens (including phenoxy) is 1. The van der Waals surface area contributed by atoms with Crippen LogP contribution in [0.5, 0.6) is 0 Å². The van der Waals surface area contributed by atoms with Gasteiger partial charge in [0, 0.05) is 17.1 Å². The van der Waals surface area contributed by atoms with Crippen LogP contribution >= 0.6 is 22.9 Å². The van der Waals surface area contributed by atoms with E-state index < -0.39 is 17.6 Å². The molecule has 3 aromatic rings. The Morgan fingerprint density at radius 3 is 2.56 bits per heavy atom. The molecule has 1 unspecified atom stereocenters. The van der Waals surface area contributed by atoms with Crippen molar-refractivity contribution in [1.29, 1.82) is 0 Å². The summed E-state index contributed by atoms with van der Waals surface area (Å²) in [7, 11) is 1.28. The Balaban J connectivity index is 1.87. The van der Waals surface area contributed by atoms with Crippen molar-refractivity contribution in [2.45, 2.75) is 19.9 Å². The van der Waals surface area contributed by atoms with Gasteiger partial charge in [-0.2, -0.15) is 0 Å². The average molecular weight is 494 g/mol. The smallest absolute Gasteiger partial charge is 0.338 e. The van der Waals surface area contributed by atoms with Gasteiger partial charge in [0.1, 0.15) is 10.6 Å². The number of anilines is 1. The highest BCUT2D eigenvalue weighted by molar-refractivity contribution is 7.07. The Bertz CT molecular complexity index is 1580. The highest BCUT2D eigenvalue weighted by atomic mass is 35.5. The highest BCUT2D eigenvalue weighted by Crippen LogP contribution is 2.36. The molecular weight excluding hydrogens is 474 g/mol. The van der Waals surface area contributed by atoms with E-state index in [1.165, 1.54) is 11.7 Å². The lowest BCUT2D eigenvalue weighted by Crippen LogP contribution is -2.41. The van der Waals surface area contributed by atoms with Crippen LogP contribution in [0.3, 0.4) is 0 Å². The zero-order valence-corrected chi connectivity index (χ0v) is 20.2. The molecule has 7 nitrogen and oxygen atoms in total. The van der Waals surface area contributed by atoms with E-state index >= 15 is 0 Å². The van der Waals surface area contributed by atoms with Crippen LogP contribution in [0.4, 0.5) is 5.69 Å². The second-order valence-electron chi connectivity index (χ2n) is 7.86. The first-order valence-corrected chi connectivity index (χ1v) is 11.9. The number of likely N-dealkylation sites (N-methyl/N-ethyl adjacent to an activating group) is 1. The van der Waals surface area contributed by atoms with Crippen molar-refractivity contribution in [3.05, 3.63) is 95.6 Å². The van der Waals surface area contributed by atoms with Crippen LogP contribution in [0, 0.1) is 0 Å². The van der Waals surface area contributed by atoms with E-state index in [4.69, 9.17) is 16.3 Å². The van der Waals surface area contributed by atoms with Gasteiger partial charge in [0.15, 0.2) is 4.80 Å². The van der Waals surface area contributed by atoms with Crippen LogP contribution in [0.2, 0.25) is 5.02 Å². The summed E-state index contributed by atoms with van der Waals surface area (Å²) in [5.41, 5.74) is 2.65. The molecule has 2 aromatic carbocycles. The fourth-order valence-electron chi connectivity index (χ4n) is 4.55. The van der Waals surface area contributed by atoms with Crippen molar-refractivity contribution in [3.8, 4) is 0 Å². The number of nitrogens with zero attached hydrogens (tertiary/aromatic N) is 3. The summed E-state index contributed by atoms with van der Waals surface area (Å²) < 4.78 is 6.75. The van der Waals surface area contributed by atoms with Gasteiger partial charge in [0.05, 0.1) is 29.6 Å². The molecular formula is C25H20ClN3O4S. The Hall–Kier alpha value is -3.49. The lowest BCUT2D eigenvalue weighted by molar-refractivity contribution is -0.136. The first-order valence-electron chi connectivity index (χ1n) is 10.7. The quantitative estimate of drug-likeness (QED) is 0.525. The zero-order valence-electron chi connectivity index (χ0n) is 18.7. The highest BCUT2D eigenvalue weighted by Gasteiger charge is 2.37. The Morgan fingerprint density at radius 1 is 1.15 bits per heavy atom. The van der Waals surface area contributed by atoms with Crippen molar-refractivity contribution >= 4 is 46.1 Å². The maximum atomic E-state index is 13.9. The summed E-state index contributed by atoms with van der Waals surface area (Å²) in [6, 6.07) is 13.6. The SMILES string of the molecule is CCN1C(=O)C(=c2sc3n(c2=O)C(c2ccccc2Cl)C(C(=O)OC)=C(C)N=3)c2ccccc21. The number of hydrogen-bond donors (Lipinski definition) is 0. The van der Waals surface area contributed by atoms with Gasteiger partial charge in [0.25, 0.3) is 11.5 Å². The van der Waals surface area contributed by atoms with Gasteiger partial charge >= 0.3 is 5.97 Å². The number of amides is 1. The molecule has 9 heteroatoms. The van der Waals surface area contributed by atoms with E-state index in [0.717, 1.165) is 17.0 Å². The molecule has 0 N–H and O–H groups in total. The second-order valence-corrected chi connectivity index (χ2v) is 9.24. The van der Waals surface area contributed by atoms with Crippen LogP contribution in [0.25, 0.3) is 5.57 Å². The molecule has 2 aliphatic heterocycles. The van der Waals surface area contributed by atoms with E-state index in [1.54, 1.807) is 36.1 Å². The topological polar surface area (TPSA) is 81.0 Å². The first kappa shape index (κ1) is 22.3. The van der Waals surface area contributed by atoms with Crippen molar-refractivity contribution in [1.82, 2.24) is 4.57 Å². The van der Waals surface area contributed by atoms with Crippen LogP contribution in [-0.2, 0) is 14.3 Å². The number of aromatic nitrogens is 1. The Kier molecular flexibility index (Phi) is 5.50. The third-order valence-corrected chi connectivity index (χ3v) is 7.47. The molecule has 172 valence electrons. The molecule has 0 aliphatic carbocycles. The number of halogens is 1. The lowest BCUT2D eigenvalue weighted by atomic mass is 9.96. The Labute approximate surface area is 203 Å². The van der Waals surface area contributed by atoms with E-state index in [9.17, 15) is 14.4 Å². The molecule has 0 radical (unpaired) electrons. The number of fused-ring (bicyclic) bond motifs is 2. The summed E-state index contributed by atoms with van der Waals surface area (Å²) in [5, 5.41) is 0.404. The molecule has 0 saturated heterocycles. The number of para-hydroxylation sites is 1. The summed E-state index contributed by atoms with van der Waals surface area (Å²) in [6.45, 7) is 4.07. The molecule has 0 bridgehead atoms. The third-order valence-electron chi connectivity index (χ3n) is 6.07. The van der Waals surface area contributed by atoms with Crippen molar-refractivity contribution in [3.63, 3.8) is 0 Å². The van der Waals surface area contributed by atoms with Gasteiger partial charge in [-0.25, -0.2) is 9.79 Å². The van der Waals surface area contributed by atoms with Crippen molar-refractivity contribution in [2.24, 2.45) is 4.99 Å². The summed E-state index contributed by atoms with van der Waals surface area (Å²) in [5.74, 6) is -0.823. The van der Waals surface area contributed by atoms with Crippen LogP contribution < -0.4 is 19.8 Å². The third kappa shape index (κ3) is 3.17. The molecule has 5 rings (SSSR count). The summed E-state index contributed by atoms with van der Waals surface area (Å²) in [6.07, 6.45) is 0. The number of allylic oxidation sites excluding steroid dienone is 1. The predicted octanol–water partition coefficient (Wildman–Crippen LogP) is 2.80. The average Bonchev–Trinajstić information content (AvgIpc) is 3.30. The maximum Gasteiger partial charge on any atom is 0.338 e. The summed E-state index contributed by atoms with van der Waals surface area (Å²) >= 11 is 7.65. The van der Waals surface area contributed by atoms with E-state index in [1.807, 2.05) is 31.2 Å². The monoisotopic (exact) mass is 493 g/mol. The molecule has 0 spiro atoms. The number of hydrogen-bond acceptors (Lipinski definition) is 6. The maximum absolute atomic E-state index is 13.9. The zero-order chi connectivity index (χ0) is 24.1. The van der Waals surface area contributed by atoms with Gasteiger partial charge < -0.3 is 9.64 Å². The van der Waals surface area contributed by atoms with Gasteiger partial charge in [-0.1, -0.05) is 59.3 Å². The number of thiazole rings is 1. The molecule has 1 atom stereocenters. The minimum Gasteiger partial charge on any atom is -0.466 e. The minimum atomic E-state index is -0.833. The molecule has 2 aliphatic rings. The largest absolute Gasteiger partial charge is 0.466 e. The molecule has 3 heterocycles. The molecule has 0 fully saturated rings. The van der Waals surface area contributed by atoms with Gasteiger partial charge in [-0.05, 0) is 31.5 Å². The minimum absolute atomic E-state index is 0.229. The molecule has 1 aromatic heterocycles. The normalized spacial score (nSPS) is 18.5. The fourth-order valence-corrected chi connectivity index (χ4v) is 5.92. The standard InChI is InChI=1S/C25H20ClN3O4S/c1-4-28-17-12-8-6-10-15(17)19(22(28)30)21-23(31)29-20(14-9-5-7-11-16(14)26)18(24(32)33-3)13(2)27-25(29)34-21/h5-12,20H,4H2,1-3H3. The summed E-state index contributed by atoms with van der Waals surface area (Å²) in [4.78, 5) is 46.7. The van der Waals surface area contributed by atoms with Gasteiger partial charge in [-0.15, -0.1) is 0 Å². The van der Waals surface area contributed by atoms with E-state index in [2.05, 4.69) is 4.99 Å². The number of benzene rings is 2. The van der Waals surface area contributed by atoms with Gasteiger partial charge in [0.2, 0.25) is 0 Å². The van der Waals surface area contributed by atoms with Crippen LogP contribution in [0.1, 0.15) is 31.0 Å². The molecule has 0 saturated carbocycles. The van der Waals surface area contributed by atoms with Crippen molar-refractivity contribution in [2.75, 3.05) is 18.6 Å². The fraction of sp³-hybridized carbons (Fsp3) is 0.200. The number of carbonyl (C=O) groups is 2. The van der Waals surface area contributed by atoms with E-state index in [0.29, 0.717) is 38.8 Å². The number of carbonyl (C=O) groups excluding carboxylic acids is 2. The van der Waals surface area contributed by atoms with Crippen LogP contribution in [-0.4, -0.2) is 30.1 Å². The number of methoxy groups -OCH3 is 1. The number of rotatable bonds is 3. The van der Waals surface area contributed by atoms with E-state index in [-0.39, 0.29) is 16.0 Å². The predicted molar refractivity (Wildman–Crippen MR) is 131 cm³/mol. The first-order chi connectivity index (χ1) is 16.4. The van der Waals surface area contributed by atoms with Gasteiger partial charge in [-0.3, -0.25) is 14.2 Å². The van der Waals surface area contributed by atoms with Crippen LogP contribution in [0.15, 0.2) is 69.6 Å². The Morgan fingerprint density at radius 2 is 1.85 bits per heavy atom. The molecule has 34 heavy (non-hydrogen) atoms. The molecule has 1 amide bonds. The van der Waals surface area contributed by atoms with Crippen molar-refractivity contribution < 1.29 is 14.3 Å². The number of esters is 1. The lowest BCUT2D eigenvalue weighted by Gasteiger charge is -2.25. The second kappa shape index (κ2) is 8.38.